The minimum Gasteiger partial charge on any atom is -0.471 e. The van der Waals surface area contributed by atoms with E-state index in [1.165, 1.54) is 13.4 Å². The SMILES string of the molecule is CO[C@@H]1C[C@]23C[C@@](C)(O)[C@H](CC[C@H]2[C@](C)(C2=CO[C@H](OC)C(C)(C)C2=O)O1)[C@H]3O. The van der Waals surface area contributed by atoms with Gasteiger partial charge in [-0.05, 0) is 47.0 Å². The highest BCUT2D eigenvalue weighted by Crippen LogP contribution is 2.67. The summed E-state index contributed by atoms with van der Waals surface area (Å²) in [5.41, 5.74) is -2.97. The first-order chi connectivity index (χ1) is 13.4. The lowest BCUT2D eigenvalue weighted by Gasteiger charge is -2.58. The van der Waals surface area contributed by atoms with E-state index in [-0.39, 0.29) is 17.6 Å². The fourth-order valence-corrected chi connectivity index (χ4v) is 6.82. The predicted molar refractivity (Wildman–Crippen MR) is 104 cm³/mol. The molecule has 2 heterocycles. The number of hydrogen-bond acceptors (Lipinski definition) is 7. The van der Waals surface area contributed by atoms with Crippen molar-refractivity contribution in [1.29, 1.82) is 0 Å². The Morgan fingerprint density at radius 2 is 1.83 bits per heavy atom. The van der Waals surface area contributed by atoms with Gasteiger partial charge in [-0.25, -0.2) is 0 Å². The van der Waals surface area contributed by atoms with E-state index in [4.69, 9.17) is 18.9 Å². The van der Waals surface area contributed by atoms with Crippen LogP contribution in [0.15, 0.2) is 11.8 Å². The highest BCUT2D eigenvalue weighted by Gasteiger charge is 2.71. The molecule has 8 atom stereocenters. The Morgan fingerprint density at radius 1 is 1.14 bits per heavy atom. The van der Waals surface area contributed by atoms with E-state index in [9.17, 15) is 15.0 Å². The number of methoxy groups -OCH3 is 2. The van der Waals surface area contributed by atoms with Crippen LogP contribution in [0.2, 0.25) is 0 Å². The third kappa shape index (κ3) is 2.71. The molecule has 2 aliphatic carbocycles. The molecule has 0 aromatic rings. The third-order valence-electron chi connectivity index (χ3n) is 8.24. The Morgan fingerprint density at radius 3 is 2.45 bits per heavy atom. The average molecular weight is 411 g/mol. The molecule has 164 valence electrons. The summed E-state index contributed by atoms with van der Waals surface area (Å²) < 4.78 is 23.2. The molecule has 0 aromatic heterocycles. The smallest absolute Gasteiger partial charge is 0.211 e. The number of aliphatic hydroxyl groups excluding tert-OH is 1. The van der Waals surface area contributed by atoms with Gasteiger partial charge >= 0.3 is 0 Å². The van der Waals surface area contributed by atoms with Crippen LogP contribution in [0, 0.1) is 22.7 Å². The minimum atomic E-state index is -1.00. The van der Waals surface area contributed by atoms with Gasteiger partial charge in [-0.1, -0.05) is 0 Å². The molecular formula is C22H34O7. The van der Waals surface area contributed by atoms with Crippen LogP contribution in [-0.2, 0) is 23.7 Å². The molecule has 2 saturated carbocycles. The normalized spacial score (nSPS) is 51.2. The monoisotopic (exact) mass is 410 g/mol. The standard InChI is InChI=1S/C22H34O7/c1-19(2)16(23)13(10-28-18(19)27-6)21(4)14-8-7-12-17(24)22(14,11-20(12,3)25)9-15(26-5)29-21/h10,12,14-15,17-18,24-25H,7-9,11H2,1-6H3/t12-,14+,15+,17-,18+,20-,21+,22+/m1/s1. The lowest BCUT2D eigenvalue weighted by molar-refractivity contribution is -0.287. The number of ketones is 1. The Hall–Kier alpha value is -0.990. The predicted octanol–water partition coefficient (Wildman–Crippen LogP) is 2.15. The van der Waals surface area contributed by atoms with E-state index in [1.54, 1.807) is 21.0 Å². The number of fused-ring (bicyclic) bond motifs is 1. The van der Waals surface area contributed by atoms with E-state index in [1.807, 2.05) is 13.8 Å². The number of Topliss-reactive ketones (excluding diaryl/α,β-unsaturated/α-hetero) is 1. The summed E-state index contributed by atoms with van der Waals surface area (Å²) in [6.07, 6.45) is 1.93. The first-order valence-electron chi connectivity index (χ1n) is 10.5. The summed E-state index contributed by atoms with van der Waals surface area (Å²) in [4.78, 5) is 13.5. The fraction of sp³-hybridized carbons (Fsp3) is 0.864. The van der Waals surface area contributed by atoms with Crippen molar-refractivity contribution in [2.75, 3.05) is 14.2 Å². The first-order valence-corrected chi connectivity index (χ1v) is 10.5. The van der Waals surface area contributed by atoms with Crippen molar-refractivity contribution in [2.45, 2.75) is 83.3 Å². The summed E-state index contributed by atoms with van der Waals surface area (Å²) in [6, 6.07) is 0. The molecule has 2 N–H and O–H groups in total. The van der Waals surface area contributed by atoms with Gasteiger partial charge in [0.05, 0.1) is 29.0 Å². The van der Waals surface area contributed by atoms with Crippen LogP contribution in [-0.4, -0.2) is 60.1 Å². The highest BCUT2D eigenvalue weighted by molar-refractivity contribution is 6.02. The maximum absolute atomic E-state index is 13.5. The molecule has 1 spiro atoms. The van der Waals surface area contributed by atoms with Crippen LogP contribution in [0.1, 0.15) is 53.4 Å². The van der Waals surface area contributed by atoms with Crippen LogP contribution in [0.5, 0.6) is 0 Å². The van der Waals surface area contributed by atoms with Gasteiger partial charge in [-0.15, -0.1) is 0 Å². The first kappa shape index (κ1) is 21.2. The van der Waals surface area contributed by atoms with Crippen LogP contribution < -0.4 is 0 Å². The van der Waals surface area contributed by atoms with Gasteiger partial charge in [0.2, 0.25) is 6.29 Å². The van der Waals surface area contributed by atoms with E-state index >= 15 is 0 Å². The molecular weight excluding hydrogens is 376 g/mol. The number of hydrogen-bond donors (Lipinski definition) is 2. The summed E-state index contributed by atoms with van der Waals surface area (Å²) in [7, 11) is 3.09. The maximum Gasteiger partial charge on any atom is 0.211 e. The zero-order valence-electron chi connectivity index (χ0n) is 18.2. The molecule has 29 heavy (non-hydrogen) atoms. The largest absolute Gasteiger partial charge is 0.471 e. The van der Waals surface area contributed by atoms with Crippen LogP contribution in [0.25, 0.3) is 0 Å². The second-order valence-electron chi connectivity index (χ2n) is 10.3. The molecule has 3 fully saturated rings. The Bertz CT molecular complexity index is 729. The quantitative estimate of drug-likeness (QED) is 0.736. The number of carbonyl (C=O) groups excluding carboxylic acids is 1. The van der Waals surface area contributed by atoms with Gasteiger partial charge < -0.3 is 29.2 Å². The molecule has 0 amide bonds. The van der Waals surface area contributed by atoms with E-state index < -0.39 is 40.7 Å². The molecule has 2 aliphatic heterocycles. The second kappa shape index (κ2) is 6.50. The second-order valence-corrected chi connectivity index (χ2v) is 10.3. The molecule has 0 radical (unpaired) electrons. The zero-order valence-corrected chi connectivity index (χ0v) is 18.2. The molecule has 7 nitrogen and oxygen atoms in total. The van der Waals surface area contributed by atoms with E-state index in [0.29, 0.717) is 24.8 Å². The topological polar surface area (TPSA) is 94.5 Å². The van der Waals surface area contributed by atoms with Crippen molar-refractivity contribution < 1.29 is 34.0 Å². The van der Waals surface area contributed by atoms with Crippen LogP contribution in [0.4, 0.5) is 0 Å². The van der Waals surface area contributed by atoms with Crippen molar-refractivity contribution in [3.8, 4) is 0 Å². The van der Waals surface area contributed by atoms with Gasteiger partial charge in [0.1, 0.15) is 5.60 Å². The fourth-order valence-electron chi connectivity index (χ4n) is 6.82. The molecule has 0 unspecified atom stereocenters. The Kier molecular flexibility index (Phi) is 4.76. The van der Waals surface area contributed by atoms with Gasteiger partial charge in [0.25, 0.3) is 0 Å². The van der Waals surface area contributed by atoms with Crippen LogP contribution >= 0.6 is 0 Å². The lowest BCUT2D eigenvalue weighted by Crippen LogP contribution is -2.63. The summed E-state index contributed by atoms with van der Waals surface area (Å²) in [5.74, 6) is -0.415. The van der Waals surface area contributed by atoms with E-state index in [0.717, 1.165) is 6.42 Å². The molecule has 4 rings (SSSR count). The van der Waals surface area contributed by atoms with E-state index in [2.05, 4.69) is 0 Å². The average Bonchev–Trinajstić information content (AvgIpc) is 2.75. The molecule has 0 aromatic carbocycles. The van der Waals surface area contributed by atoms with Gasteiger partial charge in [0.15, 0.2) is 12.1 Å². The van der Waals surface area contributed by atoms with Crippen molar-refractivity contribution >= 4 is 5.78 Å². The molecule has 1 saturated heterocycles. The highest BCUT2D eigenvalue weighted by atomic mass is 16.7. The Labute approximate surface area is 172 Å². The Balaban J connectivity index is 1.81. The third-order valence-corrected chi connectivity index (χ3v) is 8.24. The number of carbonyl (C=O) groups is 1. The number of aliphatic hydroxyl groups is 2. The van der Waals surface area contributed by atoms with Crippen LogP contribution in [0.3, 0.4) is 0 Å². The molecule has 4 aliphatic rings. The summed E-state index contributed by atoms with van der Waals surface area (Å²) in [6.45, 7) is 7.32. The summed E-state index contributed by atoms with van der Waals surface area (Å²) in [5, 5.41) is 22.3. The lowest BCUT2D eigenvalue weighted by atomic mass is 9.55. The number of ether oxygens (including phenoxy) is 4. The van der Waals surface area contributed by atoms with Gasteiger partial charge in [-0.3, -0.25) is 4.79 Å². The van der Waals surface area contributed by atoms with Crippen molar-refractivity contribution in [3.63, 3.8) is 0 Å². The minimum absolute atomic E-state index is 0.0913. The van der Waals surface area contributed by atoms with Gasteiger partial charge in [-0.2, -0.15) is 0 Å². The number of rotatable bonds is 3. The maximum atomic E-state index is 13.5. The van der Waals surface area contributed by atoms with Crippen molar-refractivity contribution in [2.24, 2.45) is 22.7 Å². The van der Waals surface area contributed by atoms with Crippen molar-refractivity contribution in [1.82, 2.24) is 0 Å². The van der Waals surface area contributed by atoms with Gasteiger partial charge in [0, 0.05) is 37.9 Å². The molecule has 7 heteroatoms. The zero-order chi connectivity index (χ0) is 21.4. The molecule has 2 bridgehead atoms. The van der Waals surface area contributed by atoms with Crippen molar-refractivity contribution in [3.05, 3.63) is 11.8 Å². The summed E-state index contributed by atoms with van der Waals surface area (Å²) >= 11 is 0.